The SMILES string of the molecule is CC(=O)N1CCc2c(c(-c3ccc(Cl)c(C)c3)nn2CC(O)CN2CCC(c3c[nH]c4ccccc34)CC2)C1. The quantitative estimate of drug-likeness (QED) is 0.352. The summed E-state index contributed by atoms with van der Waals surface area (Å²) in [6.45, 7) is 7.84. The van der Waals surface area contributed by atoms with E-state index in [1.54, 1.807) is 6.92 Å². The molecule has 6 rings (SSSR count). The lowest BCUT2D eigenvalue weighted by atomic mass is 9.89. The Balaban J connectivity index is 1.15. The van der Waals surface area contributed by atoms with E-state index in [-0.39, 0.29) is 5.91 Å². The highest BCUT2D eigenvalue weighted by Gasteiger charge is 2.29. The number of carbonyl (C=O) groups excluding carboxylic acids is 1. The third-order valence-electron chi connectivity index (χ3n) is 8.51. The standard InChI is InChI=1S/C31H36ClN5O2/c1-20-15-23(7-8-28(20)32)31-27-19-36(21(2)38)14-11-30(27)37(34-31)18-24(39)17-35-12-9-22(10-13-35)26-16-33-29-6-4-3-5-25(26)29/h3-8,15-16,22,24,33,39H,9-14,17-19H2,1-2H3. The van der Waals surface area contributed by atoms with Crippen LogP contribution in [0.25, 0.3) is 22.2 Å². The normalized spacial score (nSPS) is 17.5. The van der Waals surface area contributed by atoms with Crippen LogP contribution in [0.5, 0.6) is 0 Å². The number of carbonyl (C=O) groups is 1. The zero-order valence-electron chi connectivity index (χ0n) is 22.7. The maximum atomic E-state index is 12.2. The average Bonchev–Trinajstić information content (AvgIpc) is 3.52. The summed E-state index contributed by atoms with van der Waals surface area (Å²) in [4.78, 5) is 19.8. The molecule has 1 saturated heterocycles. The highest BCUT2D eigenvalue weighted by Crippen LogP contribution is 2.34. The van der Waals surface area contributed by atoms with Gasteiger partial charge in [0.05, 0.1) is 18.3 Å². The minimum Gasteiger partial charge on any atom is -0.390 e. The van der Waals surface area contributed by atoms with Crippen LogP contribution in [0, 0.1) is 6.92 Å². The first-order valence-electron chi connectivity index (χ1n) is 13.9. The summed E-state index contributed by atoms with van der Waals surface area (Å²) in [6.07, 6.45) is 4.56. The number of rotatable bonds is 6. The molecule has 2 aliphatic heterocycles. The van der Waals surface area contributed by atoms with Gasteiger partial charge in [-0.2, -0.15) is 5.10 Å². The number of likely N-dealkylation sites (tertiary alicyclic amines) is 1. The number of fused-ring (bicyclic) bond motifs is 2. The fourth-order valence-corrected chi connectivity index (χ4v) is 6.47. The van der Waals surface area contributed by atoms with Crippen molar-refractivity contribution in [1.29, 1.82) is 0 Å². The van der Waals surface area contributed by atoms with Gasteiger partial charge in [-0.3, -0.25) is 9.48 Å². The number of amides is 1. The monoisotopic (exact) mass is 545 g/mol. The molecule has 0 bridgehead atoms. The molecule has 7 nitrogen and oxygen atoms in total. The van der Waals surface area contributed by atoms with Crippen LogP contribution >= 0.6 is 11.6 Å². The summed E-state index contributed by atoms with van der Waals surface area (Å²) < 4.78 is 1.98. The number of para-hydroxylation sites is 1. The Morgan fingerprint density at radius 1 is 1.15 bits per heavy atom. The van der Waals surface area contributed by atoms with Gasteiger partial charge in [0.25, 0.3) is 0 Å². The third-order valence-corrected chi connectivity index (χ3v) is 8.94. The molecule has 4 aromatic rings. The van der Waals surface area contributed by atoms with Crippen molar-refractivity contribution in [2.24, 2.45) is 0 Å². The number of aliphatic hydroxyl groups excluding tert-OH is 1. The van der Waals surface area contributed by atoms with Gasteiger partial charge in [0.1, 0.15) is 0 Å². The van der Waals surface area contributed by atoms with Crippen molar-refractivity contribution in [2.45, 2.75) is 58.2 Å². The number of piperidine rings is 1. The maximum Gasteiger partial charge on any atom is 0.219 e. The molecule has 0 aliphatic carbocycles. The molecule has 204 valence electrons. The number of benzene rings is 2. The summed E-state index contributed by atoms with van der Waals surface area (Å²) in [5.41, 5.74) is 7.67. The van der Waals surface area contributed by atoms with E-state index in [0.29, 0.717) is 32.1 Å². The Morgan fingerprint density at radius 3 is 2.72 bits per heavy atom. The summed E-state index contributed by atoms with van der Waals surface area (Å²) in [7, 11) is 0. The summed E-state index contributed by atoms with van der Waals surface area (Å²) in [6, 6.07) is 14.5. The zero-order valence-corrected chi connectivity index (χ0v) is 23.4. The van der Waals surface area contributed by atoms with Crippen LogP contribution in [0.3, 0.4) is 0 Å². The third kappa shape index (κ3) is 5.23. The predicted octanol–water partition coefficient (Wildman–Crippen LogP) is 5.14. The number of β-amino-alcohol motifs (C(OH)–C–C–N with tert-alkyl or cyclic N) is 1. The number of aliphatic hydroxyl groups is 1. The van der Waals surface area contributed by atoms with Gasteiger partial charge in [-0.25, -0.2) is 0 Å². The lowest BCUT2D eigenvalue weighted by molar-refractivity contribution is -0.129. The van der Waals surface area contributed by atoms with Crippen molar-refractivity contribution in [3.8, 4) is 11.3 Å². The van der Waals surface area contributed by atoms with Crippen molar-refractivity contribution in [3.63, 3.8) is 0 Å². The van der Waals surface area contributed by atoms with E-state index >= 15 is 0 Å². The fraction of sp³-hybridized carbons (Fsp3) is 0.419. The number of aromatic nitrogens is 3. The Hall–Kier alpha value is -3.13. The topological polar surface area (TPSA) is 77.4 Å². The summed E-state index contributed by atoms with van der Waals surface area (Å²) in [5, 5.41) is 18.2. The number of H-pyrrole nitrogens is 1. The predicted molar refractivity (Wildman–Crippen MR) is 155 cm³/mol. The van der Waals surface area contributed by atoms with E-state index in [9.17, 15) is 9.90 Å². The lowest BCUT2D eigenvalue weighted by Crippen LogP contribution is -2.40. The highest BCUT2D eigenvalue weighted by molar-refractivity contribution is 6.31. The molecule has 8 heteroatoms. The molecule has 0 spiro atoms. The van der Waals surface area contributed by atoms with Crippen LogP contribution in [-0.4, -0.2) is 67.9 Å². The van der Waals surface area contributed by atoms with Crippen molar-refractivity contribution in [2.75, 3.05) is 26.2 Å². The van der Waals surface area contributed by atoms with E-state index in [1.165, 1.54) is 16.5 Å². The number of nitrogens with one attached hydrogen (secondary N) is 1. The summed E-state index contributed by atoms with van der Waals surface area (Å²) >= 11 is 6.29. The first kappa shape index (κ1) is 26.1. The Kier molecular flexibility index (Phi) is 7.23. The van der Waals surface area contributed by atoms with E-state index in [4.69, 9.17) is 16.7 Å². The van der Waals surface area contributed by atoms with Crippen LogP contribution < -0.4 is 0 Å². The number of nitrogens with zero attached hydrogens (tertiary/aromatic N) is 4. The number of hydrogen-bond donors (Lipinski definition) is 2. The van der Waals surface area contributed by atoms with Crippen LogP contribution in [0.2, 0.25) is 5.02 Å². The van der Waals surface area contributed by atoms with E-state index < -0.39 is 6.10 Å². The minimum atomic E-state index is -0.524. The highest BCUT2D eigenvalue weighted by atomic mass is 35.5. The zero-order chi connectivity index (χ0) is 27.1. The second kappa shape index (κ2) is 10.8. The molecule has 0 radical (unpaired) electrons. The second-order valence-electron chi connectivity index (χ2n) is 11.1. The van der Waals surface area contributed by atoms with Gasteiger partial charge in [-0.1, -0.05) is 35.9 Å². The van der Waals surface area contributed by atoms with Crippen LogP contribution in [-0.2, 0) is 24.3 Å². The first-order chi connectivity index (χ1) is 18.9. The van der Waals surface area contributed by atoms with E-state index in [0.717, 1.165) is 65.5 Å². The molecular formula is C31H36ClN5O2. The van der Waals surface area contributed by atoms with Crippen molar-refractivity contribution < 1.29 is 9.90 Å². The van der Waals surface area contributed by atoms with Gasteiger partial charge < -0.3 is 19.9 Å². The van der Waals surface area contributed by atoms with Gasteiger partial charge in [0.15, 0.2) is 0 Å². The Morgan fingerprint density at radius 2 is 1.95 bits per heavy atom. The lowest BCUT2D eigenvalue weighted by Gasteiger charge is -2.33. The van der Waals surface area contributed by atoms with Crippen molar-refractivity contribution >= 4 is 28.4 Å². The number of aryl methyl sites for hydroxylation is 1. The first-order valence-corrected chi connectivity index (χ1v) is 14.3. The minimum absolute atomic E-state index is 0.0720. The number of halogens is 1. The Labute approximate surface area is 234 Å². The Bertz CT molecular complexity index is 1500. The van der Waals surface area contributed by atoms with Crippen LogP contribution in [0.4, 0.5) is 0 Å². The molecule has 2 aromatic carbocycles. The molecule has 0 saturated carbocycles. The maximum absolute atomic E-state index is 12.2. The van der Waals surface area contributed by atoms with Gasteiger partial charge in [-0.15, -0.1) is 0 Å². The molecule has 39 heavy (non-hydrogen) atoms. The molecule has 4 heterocycles. The van der Waals surface area contributed by atoms with E-state index in [2.05, 4.69) is 46.4 Å². The van der Waals surface area contributed by atoms with Crippen molar-refractivity contribution in [1.82, 2.24) is 24.6 Å². The van der Waals surface area contributed by atoms with Gasteiger partial charge in [-0.05, 0) is 68.1 Å². The number of aromatic amines is 1. The van der Waals surface area contributed by atoms with Crippen LogP contribution in [0.1, 0.15) is 48.1 Å². The second-order valence-corrected chi connectivity index (χ2v) is 11.5. The molecule has 1 amide bonds. The number of hydrogen-bond acceptors (Lipinski definition) is 4. The summed E-state index contributed by atoms with van der Waals surface area (Å²) in [5.74, 6) is 0.616. The van der Waals surface area contributed by atoms with Gasteiger partial charge in [0.2, 0.25) is 5.91 Å². The fourth-order valence-electron chi connectivity index (χ4n) is 6.35. The molecule has 2 aromatic heterocycles. The molecule has 1 fully saturated rings. The molecular weight excluding hydrogens is 510 g/mol. The van der Waals surface area contributed by atoms with Crippen LogP contribution in [0.15, 0.2) is 48.7 Å². The molecule has 1 unspecified atom stereocenters. The molecule has 1 atom stereocenters. The average molecular weight is 546 g/mol. The molecule has 2 aliphatic rings. The largest absolute Gasteiger partial charge is 0.390 e. The smallest absolute Gasteiger partial charge is 0.219 e. The molecule has 2 N–H and O–H groups in total. The van der Waals surface area contributed by atoms with Gasteiger partial charge in [0, 0.05) is 71.9 Å². The van der Waals surface area contributed by atoms with Crippen molar-refractivity contribution in [3.05, 3.63) is 76.1 Å². The van der Waals surface area contributed by atoms with Gasteiger partial charge >= 0.3 is 0 Å². The van der Waals surface area contributed by atoms with E-state index in [1.807, 2.05) is 28.6 Å².